The third-order valence-corrected chi connectivity index (χ3v) is 3.28. The Labute approximate surface area is 77.0 Å². The summed E-state index contributed by atoms with van der Waals surface area (Å²) in [4.78, 5) is 0.290. The number of benzene rings is 1. The Hall–Kier alpha value is -1.23. The molecule has 13 heavy (non-hydrogen) atoms. The Balaban J connectivity index is 2.88. The van der Waals surface area contributed by atoms with Gasteiger partial charge in [0.05, 0.1) is 17.2 Å². The van der Waals surface area contributed by atoms with E-state index in [9.17, 15) is 8.42 Å². The van der Waals surface area contributed by atoms with E-state index >= 15 is 0 Å². The summed E-state index contributed by atoms with van der Waals surface area (Å²) in [5.74, 6) is -0.0967. The number of nitrogens with zero attached hydrogens (tertiary/aromatic N) is 1. The fourth-order valence-electron chi connectivity index (χ4n) is 0.912. The predicted molar refractivity (Wildman–Crippen MR) is 48.5 cm³/mol. The fraction of sp³-hybridized carbons (Fsp3) is 0.250. The first-order valence-electron chi connectivity index (χ1n) is 3.78. The van der Waals surface area contributed by atoms with Crippen molar-refractivity contribution in [2.45, 2.75) is 4.90 Å². The van der Waals surface area contributed by atoms with Crippen molar-refractivity contribution in [2.75, 3.05) is 12.3 Å². The van der Waals surface area contributed by atoms with Crippen molar-refractivity contribution in [2.24, 2.45) is 5.11 Å². The van der Waals surface area contributed by atoms with Gasteiger partial charge in [-0.2, -0.15) is 5.11 Å². The minimum Gasteiger partial charge on any atom is -0.224 e. The highest BCUT2D eigenvalue weighted by atomic mass is 32.2. The van der Waals surface area contributed by atoms with Crippen molar-refractivity contribution in [1.29, 1.82) is 5.53 Å². The molecule has 1 rings (SSSR count). The van der Waals surface area contributed by atoms with E-state index < -0.39 is 9.84 Å². The Morgan fingerprint density at radius 2 is 1.85 bits per heavy atom. The normalized spacial score (nSPS) is 11.1. The minimum atomic E-state index is -3.24. The topological polar surface area (TPSA) is 70.3 Å². The van der Waals surface area contributed by atoms with Gasteiger partial charge in [0.25, 0.3) is 0 Å². The van der Waals surface area contributed by atoms with Crippen LogP contribution in [0.1, 0.15) is 0 Å². The highest BCUT2D eigenvalue weighted by Crippen LogP contribution is 2.09. The fourth-order valence-corrected chi connectivity index (χ4v) is 2.05. The smallest absolute Gasteiger partial charge is 0.180 e. The summed E-state index contributed by atoms with van der Waals surface area (Å²) < 4.78 is 22.9. The van der Waals surface area contributed by atoms with E-state index in [0.29, 0.717) is 4.90 Å². The lowest BCUT2D eigenvalue weighted by Crippen LogP contribution is -2.08. The largest absolute Gasteiger partial charge is 0.224 e. The van der Waals surface area contributed by atoms with Crippen molar-refractivity contribution in [1.82, 2.24) is 0 Å². The molecule has 0 bridgehead atoms. The van der Waals surface area contributed by atoms with Gasteiger partial charge >= 0.3 is 0 Å². The van der Waals surface area contributed by atoms with E-state index in [2.05, 4.69) is 5.11 Å². The minimum absolute atomic E-state index is 0.0250. The van der Waals surface area contributed by atoms with E-state index in [1.807, 2.05) is 0 Å². The maximum atomic E-state index is 11.4. The molecular formula is C8H10N2O2S. The van der Waals surface area contributed by atoms with E-state index in [-0.39, 0.29) is 12.3 Å². The average Bonchev–Trinajstić information content (AvgIpc) is 2.16. The SMILES string of the molecule is N=NCCS(=O)(=O)c1ccccc1. The molecule has 0 heterocycles. The molecule has 0 aliphatic rings. The van der Waals surface area contributed by atoms with E-state index in [0.717, 1.165) is 0 Å². The zero-order chi connectivity index (χ0) is 9.73. The number of rotatable bonds is 4. The Morgan fingerprint density at radius 3 is 2.38 bits per heavy atom. The molecule has 0 unspecified atom stereocenters. The summed E-state index contributed by atoms with van der Waals surface area (Å²) in [7, 11) is -3.24. The predicted octanol–water partition coefficient (Wildman–Crippen LogP) is 1.49. The highest BCUT2D eigenvalue weighted by molar-refractivity contribution is 7.91. The van der Waals surface area contributed by atoms with Crippen LogP contribution in [0.15, 0.2) is 40.3 Å². The van der Waals surface area contributed by atoms with Crippen LogP contribution in [0.2, 0.25) is 0 Å². The van der Waals surface area contributed by atoms with Crippen molar-refractivity contribution in [3.63, 3.8) is 0 Å². The Morgan fingerprint density at radius 1 is 1.23 bits per heavy atom. The quantitative estimate of drug-likeness (QED) is 0.744. The molecule has 0 aliphatic heterocycles. The van der Waals surface area contributed by atoms with Crippen molar-refractivity contribution >= 4 is 9.84 Å². The van der Waals surface area contributed by atoms with Crippen LogP contribution in [-0.4, -0.2) is 20.7 Å². The lowest BCUT2D eigenvalue weighted by Gasteiger charge is -2.00. The molecule has 0 radical (unpaired) electrons. The van der Waals surface area contributed by atoms with Gasteiger partial charge in [0.15, 0.2) is 9.84 Å². The van der Waals surface area contributed by atoms with Gasteiger partial charge < -0.3 is 0 Å². The van der Waals surface area contributed by atoms with Crippen LogP contribution in [0, 0.1) is 5.53 Å². The molecule has 5 heteroatoms. The van der Waals surface area contributed by atoms with Gasteiger partial charge in [-0.05, 0) is 12.1 Å². The van der Waals surface area contributed by atoms with Crippen LogP contribution in [0.25, 0.3) is 0 Å². The second-order valence-electron chi connectivity index (χ2n) is 2.51. The number of hydrogen-bond acceptors (Lipinski definition) is 4. The first-order valence-corrected chi connectivity index (χ1v) is 5.43. The molecule has 1 aromatic carbocycles. The van der Waals surface area contributed by atoms with Gasteiger partial charge in [-0.3, -0.25) is 0 Å². The van der Waals surface area contributed by atoms with Crippen LogP contribution in [0.3, 0.4) is 0 Å². The molecule has 0 aliphatic carbocycles. The molecule has 1 aromatic rings. The van der Waals surface area contributed by atoms with Gasteiger partial charge in [-0.1, -0.05) is 18.2 Å². The maximum absolute atomic E-state index is 11.4. The van der Waals surface area contributed by atoms with Crippen molar-refractivity contribution in [3.05, 3.63) is 30.3 Å². The second kappa shape index (κ2) is 4.13. The molecule has 4 nitrogen and oxygen atoms in total. The molecule has 0 aromatic heterocycles. The van der Waals surface area contributed by atoms with Gasteiger partial charge in [0.2, 0.25) is 0 Å². The van der Waals surface area contributed by atoms with Crippen LogP contribution in [0.5, 0.6) is 0 Å². The third-order valence-electron chi connectivity index (χ3n) is 1.57. The monoisotopic (exact) mass is 198 g/mol. The zero-order valence-electron chi connectivity index (χ0n) is 6.97. The van der Waals surface area contributed by atoms with Crippen LogP contribution < -0.4 is 0 Å². The molecular weight excluding hydrogens is 188 g/mol. The summed E-state index contributed by atoms with van der Waals surface area (Å²) >= 11 is 0. The molecule has 0 saturated heterocycles. The van der Waals surface area contributed by atoms with Gasteiger partial charge in [0, 0.05) is 0 Å². The van der Waals surface area contributed by atoms with Gasteiger partial charge in [-0.25, -0.2) is 13.9 Å². The average molecular weight is 198 g/mol. The Bertz CT molecular complexity index is 372. The second-order valence-corrected chi connectivity index (χ2v) is 4.62. The first kappa shape index (κ1) is 9.85. The van der Waals surface area contributed by atoms with E-state index in [1.54, 1.807) is 30.3 Å². The lowest BCUT2D eigenvalue weighted by molar-refractivity contribution is 0.595. The number of sulfone groups is 1. The van der Waals surface area contributed by atoms with Crippen LogP contribution in [0.4, 0.5) is 0 Å². The van der Waals surface area contributed by atoms with Crippen LogP contribution in [-0.2, 0) is 9.84 Å². The van der Waals surface area contributed by atoms with Crippen molar-refractivity contribution < 1.29 is 8.42 Å². The van der Waals surface area contributed by atoms with Crippen molar-refractivity contribution in [3.8, 4) is 0 Å². The lowest BCUT2D eigenvalue weighted by atomic mass is 10.4. The molecule has 0 atom stereocenters. The number of hydrogen-bond donors (Lipinski definition) is 1. The Kier molecular flexibility index (Phi) is 3.13. The molecule has 0 saturated carbocycles. The molecule has 70 valence electrons. The maximum Gasteiger partial charge on any atom is 0.180 e. The summed E-state index contributed by atoms with van der Waals surface area (Å²) in [6, 6.07) is 8.18. The first-order chi connectivity index (χ1) is 6.17. The molecule has 0 fully saturated rings. The zero-order valence-corrected chi connectivity index (χ0v) is 7.79. The summed E-state index contributed by atoms with van der Waals surface area (Å²) in [5, 5.41) is 3.02. The van der Waals surface area contributed by atoms with Crippen LogP contribution >= 0.6 is 0 Å². The van der Waals surface area contributed by atoms with Gasteiger partial charge in [0.1, 0.15) is 0 Å². The standard InChI is InChI=1S/C8H10N2O2S/c9-10-6-7-13(11,12)8-4-2-1-3-5-8/h1-5,9H,6-7H2. The summed E-state index contributed by atoms with van der Waals surface area (Å²) in [5.41, 5.74) is 6.51. The number of nitrogens with one attached hydrogen (secondary N) is 1. The molecule has 0 spiro atoms. The van der Waals surface area contributed by atoms with E-state index in [4.69, 9.17) is 5.53 Å². The summed E-state index contributed by atoms with van der Waals surface area (Å²) in [6.45, 7) is 0.0250. The van der Waals surface area contributed by atoms with E-state index in [1.165, 1.54) is 0 Å². The third kappa shape index (κ3) is 2.62. The summed E-state index contributed by atoms with van der Waals surface area (Å²) in [6.07, 6.45) is 0. The molecule has 1 N–H and O–H groups in total. The van der Waals surface area contributed by atoms with Gasteiger partial charge in [-0.15, -0.1) is 0 Å². The molecule has 0 amide bonds. The highest BCUT2D eigenvalue weighted by Gasteiger charge is 2.12.